The van der Waals surface area contributed by atoms with Gasteiger partial charge in [-0.25, -0.2) is 4.79 Å². The number of nitrogens with one attached hydrogen (secondary N) is 1. The molecule has 0 radical (unpaired) electrons. The van der Waals surface area contributed by atoms with E-state index in [4.69, 9.17) is 0 Å². The summed E-state index contributed by atoms with van der Waals surface area (Å²) in [5.74, 6) is -1.71. The molecule has 0 aliphatic rings. The van der Waals surface area contributed by atoms with Crippen molar-refractivity contribution >= 4 is 28.9 Å². The molecule has 1 N–H and O–H groups in total. The molecule has 0 atom stereocenters. The number of hydrogen-bond acceptors (Lipinski definition) is 8. The van der Waals surface area contributed by atoms with Gasteiger partial charge in [-0.1, -0.05) is 6.07 Å². The highest BCUT2D eigenvalue weighted by molar-refractivity contribution is 5.92. The molecule has 2 rings (SSSR count). The van der Waals surface area contributed by atoms with Crippen LogP contribution in [0.2, 0.25) is 0 Å². The first kappa shape index (κ1) is 20.2. The Labute approximate surface area is 156 Å². The molecule has 0 spiro atoms. The van der Waals surface area contributed by atoms with Gasteiger partial charge in [0.05, 0.1) is 22.5 Å². The highest BCUT2D eigenvalue weighted by Crippen LogP contribution is 2.22. The molecule has 146 valence electrons. The van der Waals surface area contributed by atoms with Crippen molar-refractivity contribution in [1.82, 2.24) is 4.57 Å². The molecule has 1 aromatic carbocycles. The molecule has 0 bridgehead atoms. The van der Waals surface area contributed by atoms with E-state index in [1.807, 2.05) is 0 Å². The van der Waals surface area contributed by atoms with Gasteiger partial charge in [0.15, 0.2) is 0 Å². The van der Waals surface area contributed by atoms with Crippen molar-refractivity contribution in [3.63, 3.8) is 0 Å². The average molecular weight is 390 g/mol. The van der Waals surface area contributed by atoms with Crippen LogP contribution in [0.5, 0.6) is 0 Å². The Kier molecular flexibility index (Phi) is 5.83. The summed E-state index contributed by atoms with van der Waals surface area (Å²) in [5, 5.41) is 24.4. The zero-order chi connectivity index (χ0) is 21.0. The number of aryl methyl sites for hydroxylation is 1. The van der Waals surface area contributed by atoms with Crippen molar-refractivity contribution in [2.45, 2.75) is 13.5 Å². The van der Waals surface area contributed by atoms with Crippen molar-refractivity contribution in [2.75, 3.05) is 12.4 Å². The van der Waals surface area contributed by atoms with Crippen LogP contribution in [0.3, 0.4) is 0 Å². The van der Waals surface area contributed by atoms with Gasteiger partial charge >= 0.3 is 17.2 Å². The number of carbonyl (C=O) groups excluding carboxylic acids is 2. The van der Waals surface area contributed by atoms with E-state index in [9.17, 15) is 34.6 Å². The van der Waals surface area contributed by atoms with E-state index in [-0.39, 0.29) is 16.9 Å². The number of ether oxygens (including phenoxy) is 1. The molecular formula is C16H14N4O8. The fraction of sp³-hybridized carbons (Fsp3) is 0.188. The summed E-state index contributed by atoms with van der Waals surface area (Å²) in [6, 6.07) is 4.76. The molecule has 2 aromatic rings. The van der Waals surface area contributed by atoms with E-state index < -0.39 is 39.5 Å². The molecule has 0 saturated heterocycles. The average Bonchev–Trinajstić information content (AvgIpc) is 2.63. The van der Waals surface area contributed by atoms with Crippen molar-refractivity contribution in [3.8, 4) is 0 Å². The van der Waals surface area contributed by atoms with Gasteiger partial charge in [0.2, 0.25) is 5.91 Å². The first-order valence-corrected chi connectivity index (χ1v) is 7.66. The smallest absolute Gasteiger partial charge is 0.339 e. The van der Waals surface area contributed by atoms with Gasteiger partial charge in [-0.15, -0.1) is 0 Å². The van der Waals surface area contributed by atoms with Crippen LogP contribution >= 0.6 is 0 Å². The third-order valence-electron chi connectivity index (χ3n) is 3.69. The van der Waals surface area contributed by atoms with Gasteiger partial charge in [-0.05, 0) is 13.0 Å². The summed E-state index contributed by atoms with van der Waals surface area (Å²) < 4.78 is 5.15. The van der Waals surface area contributed by atoms with Crippen LogP contribution in [-0.4, -0.2) is 33.4 Å². The number of anilines is 1. The lowest BCUT2D eigenvalue weighted by atomic mass is 10.2. The van der Waals surface area contributed by atoms with Crippen LogP contribution in [0, 0.1) is 27.2 Å². The number of pyridine rings is 1. The van der Waals surface area contributed by atoms with E-state index in [0.717, 1.165) is 25.4 Å². The van der Waals surface area contributed by atoms with Crippen LogP contribution in [0.25, 0.3) is 0 Å². The summed E-state index contributed by atoms with van der Waals surface area (Å²) in [4.78, 5) is 56.4. The molecule has 0 aliphatic heterocycles. The van der Waals surface area contributed by atoms with Crippen LogP contribution in [0.4, 0.5) is 17.1 Å². The standard InChI is InChI=1S/C16H14N4O8/c1-9-3-4-11(6-12(9)19(24)25)17-14(21)8-18-7-10(16(23)28-2)5-13(15(18)22)20(26)27/h3-7H,8H2,1-2H3,(H,17,21). The second-order valence-electron chi connectivity index (χ2n) is 5.60. The minimum absolute atomic E-state index is 0.106. The first-order chi connectivity index (χ1) is 13.1. The largest absolute Gasteiger partial charge is 0.465 e. The number of rotatable bonds is 6. The van der Waals surface area contributed by atoms with E-state index in [1.54, 1.807) is 0 Å². The summed E-state index contributed by atoms with van der Waals surface area (Å²) in [6.07, 6.45) is 0.957. The number of carbonyl (C=O) groups is 2. The molecule has 0 aliphatic carbocycles. The predicted molar refractivity (Wildman–Crippen MR) is 95.2 cm³/mol. The maximum atomic E-state index is 12.2. The van der Waals surface area contributed by atoms with Crippen LogP contribution < -0.4 is 10.9 Å². The molecule has 28 heavy (non-hydrogen) atoms. The van der Waals surface area contributed by atoms with Crippen LogP contribution in [0.1, 0.15) is 15.9 Å². The number of benzene rings is 1. The summed E-state index contributed by atoms with van der Waals surface area (Å²) in [7, 11) is 1.06. The van der Waals surface area contributed by atoms with Crippen molar-refractivity contribution in [2.24, 2.45) is 0 Å². The Morgan fingerprint density at radius 1 is 1.14 bits per heavy atom. The summed E-state index contributed by atoms with van der Waals surface area (Å²) >= 11 is 0. The fourth-order valence-electron chi connectivity index (χ4n) is 2.34. The predicted octanol–water partition coefficient (Wildman–Crippen LogP) is 1.40. The number of nitro benzene ring substituents is 1. The molecule has 0 fully saturated rings. The molecule has 0 saturated carbocycles. The zero-order valence-corrected chi connectivity index (χ0v) is 14.7. The number of amides is 1. The topological polar surface area (TPSA) is 164 Å². The molecule has 1 heterocycles. The Balaban J connectivity index is 2.33. The van der Waals surface area contributed by atoms with Crippen molar-refractivity contribution in [3.05, 3.63) is 72.2 Å². The summed E-state index contributed by atoms with van der Waals surface area (Å²) in [6.45, 7) is 0.868. The normalized spacial score (nSPS) is 10.2. The Hall–Kier alpha value is -4.09. The molecule has 0 unspecified atom stereocenters. The number of esters is 1. The lowest BCUT2D eigenvalue weighted by Gasteiger charge is -2.09. The molecular weight excluding hydrogens is 376 g/mol. The SMILES string of the molecule is COC(=O)c1cc([N+](=O)[O-])c(=O)n(CC(=O)Nc2ccc(C)c([N+](=O)[O-])c2)c1. The van der Waals surface area contributed by atoms with Gasteiger partial charge in [0.1, 0.15) is 6.54 Å². The second kappa shape index (κ2) is 8.07. The zero-order valence-electron chi connectivity index (χ0n) is 14.7. The molecule has 1 amide bonds. The van der Waals surface area contributed by atoms with Gasteiger partial charge in [-0.2, -0.15) is 0 Å². The van der Waals surface area contributed by atoms with Gasteiger partial charge in [-0.3, -0.25) is 34.4 Å². The maximum absolute atomic E-state index is 12.2. The minimum Gasteiger partial charge on any atom is -0.465 e. The number of hydrogen-bond donors (Lipinski definition) is 1. The highest BCUT2D eigenvalue weighted by Gasteiger charge is 2.21. The monoisotopic (exact) mass is 390 g/mol. The van der Waals surface area contributed by atoms with E-state index in [0.29, 0.717) is 10.1 Å². The number of aromatic nitrogens is 1. The fourth-order valence-corrected chi connectivity index (χ4v) is 2.34. The Morgan fingerprint density at radius 2 is 1.79 bits per heavy atom. The quantitative estimate of drug-likeness (QED) is 0.439. The van der Waals surface area contributed by atoms with Crippen molar-refractivity contribution in [1.29, 1.82) is 0 Å². The first-order valence-electron chi connectivity index (χ1n) is 7.66. The van der Waals surface area contributed by atoms with Crippen LogP contribution in [0.15, 0.2) is 35.3 Å². The van der Waals surface area contributed by atoms with E-state index >= 15 is 0 Å². The second-order valence-corrected chi connectivity index (χ2v) is 5.60. The number of nitrogens with zero attached hydrogens (tertiary/aromatic N) is 3. The highest BCUT2D eigenvalue weighted by atomic mass is 16.6. The van der Waals surface area contributed by atoms with Crippen LogP contribution in [-0.2, 0) is 16.1 Å². The maximum Gasteiger partial charge on any atom is 0.339 e. The van der Waals surface area contributed by atoms with Crippen molar-refractivity contribution < 1.29 is 24.2 Å². The Bertz CT molecular complexity index is 1040. The van der Waals surface area contributed by atoms with E-state index in [1.165, 1.54) is 19.1 Å². The Morgan fingerprint density at radius 3 is 2.36 bits per heavy atom. The molecule has 12 heteroatoms. The lowest BCUT2D eigenvalue weighted by molar-refractivity contribution is -0.386. The van der Waals surface area contributed by atoms with Gasteiger partial charge in [0, 0.05) is 29.6 Å². The van der Waals surface area contributed by atoms with Gasteiger partial charge < -0.3 is 10.1 Å². The lowest BCUT2D eigenvalue weighted by Crippen LogP contribution is -2.29. The van der Waals surface area contributed by atoms with E-state index in [2.05, 4.69) is 10.1 Å². The number of methoxy groups -OCH3 is 1. The molecule has 1 aromatic heterocycles. The van der Waals surface area contributed by atoms with Gasteiger partial charge in [0.25, 0.3) is 5.69 Å². The third kappa shape index (κ3) is 4.35. The number of nitro groups is 2. The molecule has 12 nitrogen and oxygen atoms in total. The summed E-state index contributed by atoms with van der Waals surface area (Å²) in [5.41, 5.74) is -2.00. The minimum atomic E-state index is -1.09. The third-order valence-corrected chi connectivity index (χ3v) is 3.69.